The number of ether oxygens (including phenoxy) is 4. The Morgan fingerprint density at radius 3 is 1.51 bits per heavy atom. The predicted octanol–water partition coefficient (Wildman–Crippen LogP) is 2.19. The number of methoxy groups -OCH3 is 2. The van der Waals surface area contributed by atoms with Crippen molar-refractivity contribution < 1.29 is 38.4 Å². The standard InChI is InChI=1S/C30H29O8P/c1-30(2)37-27(32)24(28(33)38-30)23(26(31)35-3)25(29(34)36-4)39(20-14-8-5-9-15-20,21-16-10-6-11-17-21)22-18-12-7-13-19-22/h5-19,23,25H,1-4H3. The molecule has 39 heavy (non-hydrogen) atoms. The second-order valence-electron chi connectivity index (χ2n) is 9.29. The molecule has 2 atom stereocenters. The number of carbonyl (C=O) groups excluding carboxylic acids is 3. The molecule has 0 bridgehead atoms. The summed E-state index contributed by atoms with van der Waals surface area (Å²) in [4.78, 5) is 40.9. The summed E-state index contributed by atoms with van der Waals surface area (Å²) in [5, 5.41) is 15.5. The number of carbonyl (C=O) groups is 3. The molecule has 3 aromatic carbocycles. The van der Waals surface area contributed by atoms with Crippen molar-refractivity contribution in [3.8, 4) is 0 Å². The van der Waals surface area contributed by atoms with E-state index in [1.165, 1.54) is 21.0 Å². The Bertz CT molecular complexity index is 1270. The van der Waals surface area contributed by atoms with Gasteiger partial charge in [0, 0.05) is 0 Å². The third-order valence-corrected chi connectivity index (χ3v) is 11.2. The van der Waals surface area contributed by atoms with Crippen molar-refractivity contribution in [2.45, 2.75) is 25.3 Å². The van der Waals surface area contributed by atoms with Crippen molar-refractivity contribution in [2.75, 3.05) is 14.2 Å². The molecule has 8 nitrogen and oxygen atoms in total. The lowest BCUT2D eigenvalue weighted by atomic mass is 9.94. The summed E-state index contributed by atoms with van der Waals surface area (Å²) < 4.78 is 21.2. The SMILES string of the molecule is COC(=O)C(C1=C([O-])OC(C)(C)OC1=O)C(C(=O)OC)[P+](c1ccccc1)(c1ccccc1)c1ccccc1. The van der Waals surface area contributed by atoms with Crippen LogP contribution in [-0.4, -0.2) is 43.6 Å². The van der Waals surface area contributed by atoms with Crippen LogP contribution in [0.3, 0.4) is 0 Å². The van der Waals surface area contributed by atoms with E-state index < -0.39 is 54.1 Å². The highest BCUT2D eigenvalue weighted by Gasteiger charge is 2.63. The zero-order valence-corrected chi connectivity index (χ0v) is 22.9. The van der Waals surface area contributed by atoms with Crippen LogP contribution in [0, 0.1) is 5.92 Å². The smallest absolute Gasteiger partial charge is 0.349 e. The quantitative estimate of drug-likeness (QED) is 0.239. The van der Waals surface area contributed by atoms with Crippen molar-refractivity contribution in [1.82, 2.24) is 0 Å². The van der Waals surface area contributed by atoms with Gasteiger partial charge in [-0.15, -0.1) is 0 Å². The van der Waals surface area contributed by atoms with Crippen LogP contribution in [0.2, 0.25) is 0 Å². The maximum atomic E-state index is 14.0. The molecule has 1 aliphatic rings. The van der Waals surface area contributed by atoms with Gasteiger partial charge in [-0.2, -0.15) is 0 Å². The molecule has 0 amide bonds. The molecule has 0 N–H and O–H groups in total. The maximum Gasteiger partial charge on any atom is 0.349 e. The van der Waals surface area contributed by atoms with Crippen LogP contribution in [0.15, 0.2) is 103 Å². The van der Waals surface area contributed by atoms with Gasteiger partial charge in [-0.05, 0) is 50.2 Å². The molecule has 0 spiro atoms. The van der Waals surface area contributed by atoms with E-state index in [4.69, 9.17) is 18.9 Å². The summed E-state index contributed by atoms with van der Waals surface area (Å²) >= 11 is 0. The third-order valence-electron chi connectivity index (χ3n) is 6.55. The average molecular weight is 549 g/mol. The number of benzene rings is 3. The first-order valence-corrected chi connectivity index (χ1v) is 14.1. The van der Waals surface area contributed by atoms with Crippen molar-refractivity contribution in [2.24, 2.45) is 5.92 Å². The van der Waals surface area contributed by atoms with E-state index in [0.717, 1.165) is 23.0 Å². The van der Waals surface area contributed by atoms with Crippen molar-refractivity contribution in [3.63, 3.8) is 0 Å². The fourth-order valence-electron chi connectivity index (χ4n) is 5.00. The molecule has 0 saturated carbocycles. The van der Waals surface area contributed by atoms with Gasteiger partial charge in [0.05, 0.1) is 25.7 Å². The van der Waals surface area contributed by atoms with E-state index in [1.54, 1.807) is 0 Å². The molecule has 9 heteroatoms. The lowest BCUT2D eigenvalue weighted by Crippen LogP contribution is -2.52. The minimum Gasteiger partial charge on any atom is -0.575 e. The average Bonchev–Trinajstić information content (AvgIpc) is 2.94. The zero-order chi connectivity index (χ0) is 28.2. The third kappa shape index (κ3) is 5.12. The Morgan fingerprint density at radius 2 is 1.15 bits per heavy atom. The van der Waals surface area contributed by atoms with Crippen molar-refractivity contribution in [3.05, 3.63) is 103 Å². The van der Waals surface area contributed by atoms with Crippen LogP contribution in [0.5, 0.6) is 0 Å². The minimum atomic E-state index is -3.22. The Hall–Kier alpha value is -4.16. The first-order chi connectivity index (χ1) is 18.7. The fraction of sp³-hybridized carbons (Fsp3) is 0.233. The summed E-state index contributed by atoms with van der Waals surface area (Å²) in [6.07, 6.45) is 0. The number of rotatable bonds is 8. The van der Waals surface area contributed by atoms with Crippen LogP contribution in [-0.2, 0) is 33.3 Å². The lowest BCUT2D eigenvalue weighted by molar-refractivity contribution is -0.394. The molecular formula is C30H29O8P. The van der Waals surface area contributed by atoms with Crippen molar-refractivity contribution in [1.29, 1.82) is 0 Å². The molecule has 0 aliphatic carbocycles. The first-order valence-electron chi connectivity index (χ1n) is 12.2. The summed E-state index contributed by atoms with van der Waals surface area (Å²) in [5.41, 5.74) is -2.01. The predicted molar refractivity (Wildman–Crippen MR) is 145 cm³/mol. The topological polar surface area (TPSA) is 111 Å². The van der Waals surface area contributed by atoms with Gasteiger partial charge in [-0.3, -0.25) is 4.79 Å². The van der Waals surface area contributed by atoms with Gasteiger partial charge in [-0.25, -0.2) is 9.59 Å². The highest BCUT2D eigenvalue weighted by atomic mass is 31.2. The molecule has 2 unspecified atom stereocenters. The van der Waals surface area contributed by atoms with Crippen LogP contribution >= 0.6 is 7.26 Å². The van der Waals surface area contributed by atoms with E-state index in [2.05, 4.69) is 0 Å². The van der Waals surface area contributed by atoms with E-state index in [9.17, 15) is 19.5 Å². The molecule has 0 radical (unpaired) electrons. The molecule has 4 rings (SSSR count). The molecular weight excluding hydrogens is 519 g/mol. The molecule has 1 aliphatic heterocycles. The highest BCUT2D eigenvalue weighted by Crippen LogP contribution is 2.63. The van der Waals surface area contributed by atoms with Gasteiger partial charge in [0.1, 0.15) is 29.1 Å². The highest BCUT2D eigenvalue weighted by molar-refractivity contribution is 7.97. The summed E-state index contributed by atoms with van der Waals surface area (Å²) in [6.45, 7) is 2.81. The van der Waals surface area contributed by atoms with E-state index in [1.807, 2.05) is 91.0 Å². The molecule has 0 aromatic heterocycles. The van der Waals surface area contributed by atoms with Crippen LogP contribution < -0.4 is 21.0 Å². The first kappa shape index (κ1) is 27.9. The van der Waals surface area contributed by atoms with Gasteiger partial charge in [0.15, 0.2) is 11.4 Å². The van der Waals surface area contributed by atoms with E-state index in [0.29, 0.717) is 0 Å². The van der Waals surface area contributed by atoms with E-state index in [-0.39, 0.29) is 0 Å². The van der Waals surface area contributed by atoms with Crippen LogP contribution in [0.25, 0.3) is 0 Å². The summed E-state index contributed by atoms with van der Waals surface area (Å²) in [6, 6.07) is 27.7. The van der Waals surface area contributed by atoms with Crippen LogP contribution in [0.4, 0.5) is 0 Å². The Kier molecular flexibility index (Phi) is 8.07. The Balaban J connectivity index is 2.17. The number of hydrogen-bond donors (Lipinski definition) is 0. The molecule has 0 fully saturated rings. The van der Waals surface area contributed by atoms with Crippen molar-refractivity contribution >= 4 is 41.1 Å². The second-order valence-corrected chi connectivity index (χ2v) is 12.8. The summed E-state index contributed by atoms with van der Waals surface area (Å²) in [5.74, 6) is -7.15. The maximum absolute atomic E-state index is 14.0. The van der Waals surface area contributed by atoms with Gasteiger partial charge < -0.3 is 24.1 Å². The number of esters is 3. The normalized spacial score (nSPS) is 16.4. The fourth-order valence-corrected chi connectivity index (χ4v) is 9.93. The van der Waals surface area contributed by atoms with Gasteiger partial charge in [0.2, 0.25) is 0 Å². The van der Waals surface area contributed by atoms with Gasteiger partial charge >= 0.3 is 17.9 Å². The molecule has 1 heterocycles. The molecule has 202 valence electrons. The number of hydrogen-bond acceptors (Lipinski definition) is 8. The second kappa shape index (κ2) is 11.3. The number of cyclic esters (lactones) is 1. The van der Waals surface area contributed by atoms with Gasteiger partial charge in [-0.1, -0.05) is 54.6 Å². The van der Waals surface area contributed by atoms with Crippen LogP contribution in [0.1, 0.15) is 13.8 Å². The minimum absolute atomic E-state index is 0.622. The monoisotopic (exact) mass is 548 g/mol. The Labute approximate surface area is 227 Å². The zero-order valence-electron chi connectivity index (χ0n) is 22.0. The summed E-state index contributed by atoms with van der Waals surface area (Å²) in [7, 11) is -0.898. The lowest BCUT2D eigenvalue weighted by Gasteiger charge is -2.42. The largest absolute Gasteiger partial charge is 0.575 e. The Morgan fingerprint density at radius 1 is 0.744 bits per heavy atom. The molecule has 3 aromatic rings. The van der Waals surface area contributed by atoms with Gasteiger partial charge in [0.25, 0.3) is 0 Å². The molecule has 0 saturated heterocycles. The van der Waals surface area contributed by atoms with E-state index >= 15 is 0 Å².